The minimum absolute atomic E-state index is 0.276. The summed E-state index contributed by atoms with van der Waals surface area (Å²) >= 11 is 0. The quantitative estimate of drug-likeness (QED) is 0.895. The molecule has 0 saturated heterocycles. The Labute approximate surface area is 126 Å². The predicted octanol–water partition coefficient (Wildman–Crippen LogP) is 3.95. The Morgan fingerprint density at radius 3 is 2.81 bits per heavy atom. The van der Waals surface area contributed by atoms with Crippen LogP contribution in [0.2, 0.25) is 0 Å². The number of nitrogens with one attached hydrogen (secondary N) is 1. The largest absolute Gasteiger partial charge is 0.508 e. The number of benzene rings is 2. The van der Waals surface area contributed by atoms with Gasteiger partial charge in [0, 0.05) is 25.5 Å². The molecule has 2 N–H and O–H groups in total. The summed E-state index contributed by atoms with van der Waals surface area (Å²) in [7, 11) is 4.10. The molecule has 1 atom stereocenters. The van der Waals surface area contributed by atoms with Crippen LogP contribution in [0.1, 0.15) is 30.0 Å². The fourth-order valence-corrected chi connectivity index (χ4v) is 3.01. The summed E-state index contributed by atoms with van der Waals surface area (Å²) in [5, 5.41) is 13.4. The van der Waals surface area contributed by atoms with Crippen molar-refractivity contribution in [2.24, 2.45) is 0 Å². The number of nitrogens with zero attached hydrogens (tertiary/aromatic N) is 1. The lowest BCUT2D eigenvalue weighted by molar-refractivity contribution is 0.471. The van der Waals surface area contributed by atoms with Crippen LogP contribution in [0.25, 0.3) is 0 Å². The first kappa shape index (κ1) is 13.8. The van der Waals surface area contributed by atoms with E-state index in [0.717, 1.165) is 18.5 Å². The van der Waals surface area contributed by atoms with E-state index in [0.29, 0.717) is 5.75 Å². The zero-order valence-electron chi connectivity index (χ0n) is 12.6. The Kier molecular flexibility index (Phi) is 3.74. The average molecular weight is 282 g/mol. The molecular weight excluding hydrogens is 260 g/mol. The van der Waals surface area contributed by atoms with Crippen LogP contribution in [0, 0.1) is 0 Å². The summed E-state index contributed by atoms with van der Waals surface area (Å²) in [6.07, 6.45) is 3.39. The van der Waals surface area contributed by atoms with E-state index in [2.05, 4.69) is 40.5 Å². The van der Waals surface area contributed by atoms with E-state index in [-0.39, 0.29) is 6.04 Å². The third-order valence-corrected chi connectivity index (χ3v) is 4.15. The molecule has 2 aromatic rings. The van der Waals surface area contributed by atoms with Gasteiger partial charge in [0.1, 0.15) is 5.75 Å². The molecule has 3 nitrogen and oxygen atoms in total. The van der Waals surface area contributed by atoms with Crippen LogP contribution in [0.3, 0.4) is 0 Å². The second kappa shape index (κ2) is 5.68. The SMILES string of the molecule is CN(C)c1cccc(NC2CCCc3ccc(O)cc32)c1. The number of hydrogen-bond acceptors (Lipinski definition) is 3. The highest BCUT2D eigenvalue weighted by Crippen LogP contribution is 2.35. The van der Waals surface area contributed by atoms with E-state index in [1.807, 2.05) is 20.2 Å². The predicted molar refractivity (Wildman–Crippen MR) is 88.2 cm³/mol. The summed E-state index contributed by atoms with van der Waals surface area (Å²) in [6.45, 7) is 0. The molecule has 0 fully saturated rings. The van der Waals surface area contributed by atoms with Crippen LogP contribution in [0.4, 0.5) is 11.4 Å². The Morgan fingerprint density at radius 1 is 1.14 bits per heavy atom. The Balaban J connectivity index is 1.86. The highest BCUT2D eigenvalue weighted by molar-refractivity contribution is 5.58. The van der Waals surface area contributed by atoms with Gasteiger partial charge in [0.05, 0.1) is 6.04 Å². The van der Waals surface area contributed by atoms with Crippen LogP contribution in [0.15, 0.2) is 42.5 Å². The fraction of sp³-hybridized carbons (Fsp3) is 0.333. The molecule has 1 unspecified atom stereocenters. The van der Waals surface area contributed by atoms with Crippen molar-refractivity contribution in [2.45, 2.75) is 25.3 Å². The average Bonchev–Trinajstić information content (AvgIpc) is 2.48. The number of anilines is 2. The number of rotatable bonds is 3. The van der Waals surface area contributed by atoms with E-state index in [9.17, 15) is 5.11 Å². The molecule has 0 bridgehead atoms. The molecule has 110 valence electrons. The lowest BCUT2D eigenvalue weighted by Crippen LogP contribution is -2.17. The normalized spacial score (nSPS) is 17.1. The number of phenolic OH excluding ortho intramolecular Hbond substituents is 1. The van der Waals surface area contributed by atoms with Crippen LogP contribution in [-0.4, -0.2) is 19.2 Å². The molecule has 0 saturated carbocycles. The number of fused-ring (bicyclic) bond motifs is 1. The van der Waals surface area contributed by atoms with E-state index in [1.165, 1.54) is 23.2 Å². The van der Waals surface area contributed by atoms with Crippen molar-refractivity contribution in [3.8, 4) is 5.75 Å². The Morgan fingerprint density at radius 2 is 2.00 bits per heavy atom. The van der Waals surface area contributed by atoms with Crippen molar-refractivity contribution in [2.75, 3.05) is 24.3 Å². The van der Waals surface area contributed by atoms with E-state index < -0.39 is 0 Å². The van der Waals surface area contributed by atoms with Crippen molar-refractivity contribution < 1.29 is 5.11 Å². The molecule has 2 aromatic carbocycles. The van der Waals surface area contributed by atoms with Crippen LogP contribution in [-0.2, 0) is 6.42 Å². The molecule has 3 heteroatoms. The maximum atomic E-state index is 9.75. The maximum Gasteiger partial charge on any atom is 0.115 e. The van der Waals surface area contributed by atoms with Crippen LogP contribution >= 0.6 is 0 Å². The first-order chi connectivity index (χ1) is 10.1. The number of aryl methyl sites for hydroxylation is 1. The summed E-state index contributed by atoms with van der Waals surface area (Å²) in [4.78, 5) is 2.10. The molecule has 1 aliphatic rings. The molecule has 0 aromatic heterocycles. The van der Waals surface area contributed by atoms with Gasteiger partial charge < -0.3 is 15.3 Å². The number of hydrogen-bond donors (Lipinski definition) is 2. The topological polar surface area (TPSA) is 35.5 Å². The standard InChI is InChI=1S/C18H22N2O/c1-20(2)15-7-4-6-14(11-15)19-18-8-3-5-13-9-10-16(21)12-17(13)18/h4,6-7,9-12,18-19,21H,3,5,8H2,1-2H3. The van der Waals surface area contributed by atoms with Gasteiger partial charge in [0.2, 0.25) is 0 Å². The molecule has 0 spiro atoms. The van der Waals surface area contributed by atoms with Gasteiger partial charge >= 0.3 is 0 Å². The van der Waals surface area contributed by atoms with Gasteiger partial charge in [-0.15, -0.1) is 0 Å². The molecule has 21 heavy (non-hydrogen) atoms. The van der Waals surface area contributed by atoms with Gasteiger partial charge in [0.25, 0.3) is 0 Å². The minimum Gasteiger partial charge on any atom is -0.508 e. The Bertz CT molecular complexity index is 637. The summed E-state index contributed by atoms with van der Waals surface area (Å²) < 4.78 is 0. The smallest absolute Gasteiger partial charge is 0.115 e. The third-order valence-electron chi connectivity index (χ3n) is 4.15. The van der Waals surface area contributed by atoms with E-state index in [4.69, 9.17) is 0 Å². The van der Waals surface area contributed by atoms with Crippen molar-refractivity contribution in [3.05, 3.63) is 53.6 Å². The molecule has 1 aliphatic carbocycles. The molecule has 0 radical (unpaired) electrons. The second-order valence-corrected chi connectivity index (χ2v) is 5.92. The molecule has 3 rings (SSSR count). The second-order valence-electron chi connectivity index (χ2n) is 5.92. The highest BCUT2D eigenvalue weighted by Gasteiger charge is 2.20. The third kappa shape index (κ3) is 2.97. The minimum atomic E-state index is 0.276. The Hall–Kier alpha value is -2.16. The van der Waals surface area contributed by atoms with Gasteiger partial charge in [0.15, 0.2) is 0 Å². The van der Waals surface area contributed by atoms with Crippen molar-refractivity contribution in [3.63, 3.8) is 0 Å². The van der Waals surface area contributed by atoms with Crippen LogP contribution < -0.4 is 10.2 Å². The lowest BCUT2D eigenvalue weighted by Gasteiger charge is -2.28. The fourth-order valence-electron chi connectivity index (χ4n) is 3.01. The number of aromatic hydroxyl groups is 1. The zero-order chi connectivity index (χ0) is 14.8. The van der Waals surface area contributed by atoms with Gasteiger partial charge in [-0.25, -0.2) is 0 Å². The monoisotopic (exact) mass is 282 g/mol. The van der Waals surface area contributed by atoms with E-state index in [1.54, 1.807) is 6.07 Å². The maximum absolute atomic E-state index is 9.75. The summed E-state index contributed by atoms with van der Waals surface area (Å²) in [5.74, 6) is 0.351. The first-order valence-corrected chi connectivity index (χ1v) is 7.49. The molecule has 0 amide bonds. The van der Waals surface area contributed by atoms with Crippen molar-refractivity contribution in [1.29, 1.82) is 0 Å². The molecule has 0 aliphatic heterocycles. The van der Waals surface area contributed by atoms with Gasteiger partial charge in [-0.3, -0.25) is 0 Å². The summed E-state index contributed by atoms with van der Waals surface area (Å²) in [5.41, 5.74) is 4.89. The first-order valence-electron chi connectivity index (χ1n) is 7.49. The number of phenols is 1. The molecule has 0 heterocycles. The molecular formula is C18H22N2O. The lowest BCUT2D eigenvalue weighted by atomic mass is 9.87. The zero-order valence-corrected chi connectivity index (χ0v) is 12.6. The summed E-state index contributed by atoms with van der Waals surface area (Å²) in [6, 6.07) is 14.5. The van der Waals surface area contributed by atoms with Gasteiger partial charge in [-0.2, -0.15) is 0 Å². The highest BCUT2D eigenvalue weighted by atomic mass is 16.3. The van der Waals surface area contributed by atoms with Crippen molar-refractivity contribution in [1.82, 2.24) is 0 Å². The van der Waals surface area contributed by atoms with Crippen molar-refractivity contribution >= 4 is 11.4 Å². The van der Waals surface area contributed by atoms with Gasteiger partial charge in [-0.05, 0) is 60.7 Å². The van der Waals surface area contributed by atoms with Crippen LogP contribution in [0.5, 0.6) is 5.75 Å². The van der Waals surface area contributed by atoms with E-state index >= 15 is 0 Å². The van der Waals surface area contributed by atoms with Gasteiger partial charge in [-0.1, -0.05) is 12.1 Å².